The molecule has 2 aromatic rings. The number of likely N-dealkylation sites (tertiary alicyclic amines) is 1. The third-order valence-corrected chi connectivity index (χ3v) is 4.36. The zero-order valence-corrected chi connectivity index (χ0v) is 12.2. The molecule has 1 atom stereocenters. The van der Waals surface area contributed by atoms with Crippen molar-refractivity contribution in [3.05, 3.63) is 39.9 Å². The van der Waals surface area contributed by atoms with Gasteiger partial charge in [0.15, 0.2) is 5.76 Å². The molecule has 1 saturated heterocycles. The van der Waals surface area contributed by atoms with Crippen molar-refractivity contribution in [3.63, 3.8) is 0 Å². The number of nitrogens with one attached hydrogen (secondary N) is 1. The van der Waals surface area contributed by atoms with Gasteiger partial charge in [0.1, 0.15) is 0 Å². The summed E-state index contributed by atoms with van der Waals surface area (Å²) in [7, 11) is 0. The Hall–Kier alpha value is -1.82. The maximum Gasteiger partial charge on any atom is 0.318 e. The first-order valence-electron chi connectivity index (χ1n) is 6.74. The van der Waals surface area contributed by atoms with E-state index in [9.17, 15) is 4.79 Å². The van der Waals surface area contributed by atoms with E-state index < -0.39 is 0 Å². The molecular formula is C14H17N3O2S. The van der Waals surface area contributed by atoms with E-state index in [2.05, 4.69) is 10.5 Å². The first kappa shape index (κ1) is 13.2. The summed E-state index contributed by atoms with van der Waals surface area (Å²) < 4.78 is 5.31. The van der Waals surface area contributed by atoms with E-state index in [0.29, 0.717) is 6.54 Å². The molecule has 0 bridgehead atoms. The van der Waals surface area contributed by atoms with E-state index in [0.717, 1.165) is 35.7 Å². The Morgan fingerprint density at radius 2 is 2.55 bits per heavy atom. The molecule has 0 unspecified atom stereocenters. The number of aromatic nitrogens is 1. The lowest BCUT2D eigenvalue weighted by atomic mass is 10.1. The van der Waals surface area contributed by atoms with Crippen LogP contribution in [-0.2, 0) is 6.54 Å². The fourth-order valence-electron chi connectivity index (χ4n) is 2.52. The van der Waals surface area contributed by atoms with Gasteiger partial charge in [-0.15, -0.1) is 11.3 Å². The third-order valence-electron chi connectivity index (χ3n) is 3.48. The largest absolute Gasteiger partial charge is 0.359 e. The highest BCUT2D eigenvalue weighted by atomic mass is 32.1. The Balaban J connectivity index is 1.64. The summed E-state index contributed by atoms with van der Waals surface area (Å²) in [4.78, 5) is 15.3. The van der Waals surface area contributed by atoms with E-state index in [1.807, 2.05) is 35.4 Å². The number of hydrogen-bond acceptors (Lipinski definition) is 4. The van der Waals surface area contributed by atoms with Crippen molar-refractivity contribution in [2.75, 3.05) is 6.54 Å². The SMILES string of the molecule is Cc1cc([C@H]2CCCN2C(=O)NCc2cccs2)on1. The normalized spacial score (nSPS) is 18.4. The molecule has 3 heterocycles. The fourth-order valence-corrected chi connectivity index (χ4v) is 3.17. The van der Waals surface area contributed by atoms with Gasteiger partial charge < -0.3 is 14.7 Å². The van der Waals surface area contributed by atoms with Crippen LogP contribution in [0.25, 0.3) is 0 Å². The van der Waals surface area contributed by atoms with Crippen LogP contribution >= 0.6 is 11.3 Å². The lowest BCUT2D eigenvalue weighted by Crippen LogP contribution is -2.38. The van der Waals surface area contributed by atoms with Crippen LogP contribution in [-0.4, -0.2) is 22.6 Å². The molecule has 3 rings (SSSR count). The van der Waals surface area contributed by atoms with Gasteiger partial charge in [0.25, 0.3) is 0 Å². The van der Waals surface area contributed by atoms with Crippen LogP contribution in [0.5, 0.6) is 0 Å². The molecule has 5 nitrogen and oxygen atoms in total. The maximum atomic E-state index is 12.3. The van der Waals surface area contributed by atoms with Crippen LogP contribution in [0.3, 0.4) is 0 Å². The number of urea groups is 1. The highest BCUT2D eigenvalue weighted by Gasteiger charge is 2.32. The number of amides is 2. The molecule has 1 N–H and O–H groups in total. The lowest BCUT2D eigenvalue weighted by Gasteiger charge is -2.22. The van der Waals surface area contributed by atoms with Crippen molar-refractivity contribution >= 4 is 17.4 Å². The predicted octanol–water partition coefficient (Wildman–Crippen LogP) is 3.09. The number of aryl methyl sites for hydroxylation is 1. The van der Waals surface area contributed by atoms with E-state index in [1.165, 1.54) is 0 Å². The van der Waals surface area contributed by atoms with Crippen molar-refractivity contribution in [1.82, 2.24) is 15.4 Å². The topological polar surface area (TPSA) is 58.4 Å². The van der Waals surface area contributed by atoms with Crippen LogP contribution < -0.4 is 5.32 Å². The molecule has 2 aromatic heterocycles. The van der Waals surface area contributed by atoms with Crippen molar-refractivity contribution in [2.45, 2.75) is 32.4 Å². The molecular weight excluding hydrogens is 274 g/mol. The van der Waals surface area contributed by atoms with Crippen LogP contribution in [0.1, 0.15) is 35.2 Å². The third kappa shape index (κ3) is 2.70. The minimum atomic E-state index is -0.0325. The van der Waals surface area contributed by atoms with E-state index in [1.54, 1.807) is 11.3 Å². The minimum Gasteiger partial charge on any atom is -0.359 e. The maximum absolute atomic E-state index is 12.3. The van der Waals surface area contributed by atoms with Gasteiger partial charge in [-0.2, -0.15) is 0 Å². The zero-order valence-electron chi connectivity index (χ0n) is 11.3. The van der Waals surface area contributed by atoms with E-state index >= 15 is 0 Å². The molecule has 20 heavy (non-hydrogen) atoms. The second-order valence-corrected chi connectivity index (χ2v) is 5.99. The molecule has 106 valence electrons. The van der Waals surface area contributed by atoms with Gasteiger partial charge in [0.05, 0.1) is 18.3 Å². The number of thiophene rings is 1. The van der Waals surface area contributed by atoms with Crippen molar-refractivity contribution in [1.29, 1.82) is 0 Å². The van der Waals surface area contributed by atoms with E-state index in [4.69, 9.17) is 4.52 Å². The summed E-state index contributed by atoms with van der Waals surface area (Å²) in [6.07, 6.45) is 1.93. The van der Waals surface area contributed by atoms with Gasteiger partial charge in [-0.25, -0.2) is 4.79 Å². The Morgan fingerprint density at radius 1 is 1.65 bits per heavy atom. The molecule has 6 heteroatoms. The van der Waals surface area contributed by atoms with Crippen molar-refractivity contribution in [2.24, 2.45) is 0 Å². The highest BCUT2D eigenvalue weighted by Crippen LogP contribution is 2.32. The van der Waals surface area contributed by atoms with Gasteiger partial charge >= 0.3 is 6.03 Å². The smallest absolute Gasteiger partial charge is 0.318 e. The molecule has 1 aliphatic rings. The second kappa shape index (κ2) is 5.66. The number of rotatable bonds is 3. The average Bonchev–Trinajstić information content (AvgIpc) is 3.16. The molecule has 1 aliphatic heterocycles. The Bertz CT molecular complexity index is 579. The zero-order chi connectivity index (χ0) is 13.9. The average molecular weight is 291 g/mol. The number of hydrogen-bond donors (Lipinski definition) is 1. The summed E-state index contributed by atoms with van der Waals surface area (Å²) in [5.74, 6) is 0.784. The summed E-state index contributed by atoms with van der Waals surface area (Å²) in [5, 5.41) is 8.89. The number of carbonyl (C=O) groups excluding carboxylic acids is 1. The van der Waals surface area contributed by atoms with Gasteiger partial charge in [-0.1, -0.05) is 11.2 Å². The standard InChI is InChI=1S/C14H17N3O2S/c1-10-8-13(19-16-10)12-5-2-6-17(12)14(18)15-9-11-4-3-7-20-11/h3-4,7-8,12H,2,5-6,9H2,1H3,(H,15,18)/t12-/m1/s1. The van der Waals surface area contributed by atoms with Gasteiger partial charge in [-0.05, 0) is 31.2 Å². The van der Waals surface area contributed by atoms with Crippen LogP contribution in [0.4, 0.5) is 4.79 Å². The monoisotopic (exact) mass is 291 g/mol. The van der Waals surface area contributed by atoms with E-state index in [-0.39, 0.29) is 12.1 Å². The first-order valence-corrected chi connectivity index (χ1v) is 7.62. The summed E-state index contributed by atoms with van der Waals surface area (Å²) in [5.41, 5.74) is 0.853. The molecule has 0 radical (unpaired) electrons. The van der Waals surface area contributed by atoms with Gasteiger partial charge in [0, 0.05) is 17.5 Å². The molecule has 0 aromatic carbocycles. The summed E-state index contributed by atoms with van der Waals surface area (Å²) in [6.45, 7) is 3.24. The van der Waals surface area contributed by atoms with Crippen molar-refractivity contribution in [3.8, 4) is 0 Å². The first-order chi connectivity index (χ1) is 9.74. The quantitative estimate of drug-likeness (QED) is 0.945. The summed E-state index contributed by atoms with van der Waals surface area (Å²) in [6, 6.07) is 5.90. The Kier molecular flexibility index (Phi) is 3.73. The van der Waals surface area contributed by atoms with Crippen molar-refractivity contribution < 1.29 is 9.32 Å². The van der Waals surface area contributed by atoms with Crippen LogP contribution in [0.15, 0.2) is 28.1 Å². The van der Waals surface area contributed by atoms with Crippen LogP contribution in [0.2, 0.25) is 0 Å². The molecule has 2 amide bonds. The van der Waals surface area contributed by atoms with Crippen LogP contribution in [0, 0.1) is 6.92 Å². The lowest BCUT2D eigenvalue weighted by molar-refractivity contribution is 0.182. The summed E-state index contributed by atoms with van der Waals surface area (Å²) >= 11 is 1.65. The predicted molar refractivity (Wildman–Crippen MR) is 76.5 cm³/mol. The Labute approximate surface area is 121 Å². The van der Waals surface area contributed by atoms with Gasteiger partial charge in [0.2, 0.25) is 0 Å². The number of carbonyl (C=O) groups is 1. The Morgan fingerprint density at radius 3 is 3.25 bits per heavy atom. The van der Waals surface area contributed by atoms with Gasteiger partial charge in [-0.3, -0.25) is 0 Å². The second-order valence-electron chi connectivity index (χ2n) is 4.96. The minimum absolute atomic E-state index is 0.0135. The molecule has 0 saturated carbocycles. The fraction of sp³-hybridized carbons (Fsp3) is 0.429. The number of nitrogens with zero attached hydrogens (tertiary/aromatic N) is 2. The highest BCUT2D eigenvalue weighted by molar-refractivity contribution is 7.09. The molecule has 1 fully saturated rings. The molecule has 0 aliphatic carbocycles. The molecule has 0 spiro atoms.